The van der Waals surface area contributed by atoms with E-state index in [2.05, 4.69) is 5.32 Å². The molecule has 0 bridgehead atoms. The van der Waals surface area contributed by atoms with Crippen LogP contribution in [-0.4, -0.2) is 49.4 Å². The number of ether oxygens (including phenoxy) is 1. The number of nitrogens with one attached hydrogen (secondary N) is 1. The third kappa shape index (κ3) is 3.44. The van der Waals surface area contributed by atoms with Crippen LogP contribution in [0.2, 0.25) is 0 Å². The molecule has 0 saturated carbocycles. The van der Waals surface area contributed by atoms with Gasteiger partial charge in [0.05, 0.1) is 12.5 Å². The van der Waals surface area contributed by atoms with Gasteiger partial charge < -0.3 is 15.0 Å². The first-order chi connectivity index (χ1) is 8.10. The van der Waals surface area contributed by atoms with Gasteiger partial charge >= 0.3 is 17.8 Å². The van der Waals surface area contributed by atoms with E-state index in [-0.39, 0.29) is 11.9 Å². The van der Waals surface area contributed by atoms with Crippen LogP contribution in [0.1, 0.15) is 19.8 Å². The number of piperidine rings is 1. The molecule has 0 aromatic heterocycles. The molecule has 1 fully saturated rings. The Morgan fingerprint density at radius 2 is 1.88 bits per heavy atom. The molecule has 1 aliphatic rings. The maximum Gasteiger partial charge on any atom is 0.311 e. The van der Waals surface area contributed by atoms with Crippen molar-refractivity contribution < 1.29 is 19.1 Å². The van der Waals surface area contributed by atoms with Crippen LogP contribution in [0, 0.1) is 5.92 Å². The first-order valence-corrected chi connectivity index (χ1v) is 5.77. The fraction of sp³-hybridized carbons (Fsp3) is 0.727. The quantitative estimate of drug-likeness (QED) is 0.525. The third-order valence-electron chi connectivity index (χ3n) is 2.82. The van der Waals surface area contributed by atoms with E-state index in [4.69, 9.17) is 4.74 Å². The summed E-state index contributed by atoms with van der Waals surface area (Å²) in [6.07, 6.45) is 1.11. The number of hydrogen-bond acceptors (Lipinski definition) is 4. The smallest absolute Gasteiger partial charge is 0.311 e. The summed E-state index contributed by atoms with van der Waals surface area (Å²) in [6.45, 7) is 2.99. The van der Waals surface area contributed by atoms with Gasteiger partial charge in [0.15, 0.2) is 0 Å². The molecular formula is C11H18N2O4. The Morgan fingerprint density at radius 1 is 1.29 bits per heavy atom. The molecule has 6 heteroatoms. The number of likely N-dealkylation sites (tertiary alicyclic amines) is 1. The Hall–Kier alpha value is -1.59. The van der Waals surface area contributed by atoms with E-state index in [1.807, 2.05) is 0 Å². The van der Waals surface area contributed by atoms with Gasteiger partial charge in [0.1, 0.15) is 0 Å². The zero-order valence-corrected chi connectivity index (χ0v) is 10.2. The largest absolute Gasteiger partial charge is 0.466 e. The molecule has 1 N–H and O–H groups in total. The summed E-state index contributed by atoms with van der Waals surface area (Å²) in [5.41, 5.74) is 0. The topological polar surface area (TPSA) is 75.7 Å². The van der Waals surface area contributed by atoms with E-state index in [1.165, 1.54) is 11.9 Å². The Labute approximate surface area is 100 Å². The number of nitrogens with zero attached hydrogens (tertiary/aromatic N) is 1. The van der Waals surface area contributed by atoms with Crippen LogP contribution >= 0.6 is 0 Å². The molecule has 0 atom stereocenters. The highest BCUT2D eigenvalue weighted by Crippen LogP contribution is 2.18. The molecule has 1 saturated heterocycles. The van der Waals surface area contributed by atoms with Crippen molar-refractivity contribution in [2.75, 3.05) is 26.7 Å². The van der Waals surface area contributed by atoms with Crippen molar-refractivity contribution in [1.82, 2.24) is 10.2 Å². The fourth-order valence-electron chi connectivity index (χ4n) is 1.83. The zero-order valence-electron chi connectivity index (χ0n) is 10.2. The van der Waals surface area contributed by atoms with Gasteiger partial charge in [-0.05, 0) is 19.8 Å². The van der Waals surface area contributed by atoms with Crippen LogP contribution in [-0.2, 0) is 19.1 Å². The molecular weight excluding hydrogens is 224 g/mol. The standard InChI is InChI=1S/C11H18N2O4/c1-3-17-11(16)8-4-6-13(7-5-8)10(15)9(14)12-2/h8H,3-7H2,1-2H3,(H,12,14). The Balaban J connectivity index is 2.43. The van der Waals surface area contributed by atoms with Crippen molar-refractivity contribution >= 4 is 17.8 Å². The SMILES string of the molecule is CCOC(=O)C1CCN(C(=O)C(=O)NC)CC1. The highest BCUT2D eigenvalue weighted by atomic mass is 16.5. The first kappa shape index (κ1) is 13.5. The molecule has 0 radical (unpaired) electrons. The summed E-state index contributed by atoms with van der Waals surface area (Å²) >= 11 is 0. The van der Waals surface area contributed by atoms with Crippen molar-refractivity contribution in [1.29, 1.82) is 0 Å². The number of hydrogen-bond donors (Lipinski definition) is 1. The van der Waals surface area contributed by atoms with Crippen LogP contribution < -0.4 is 5.32 Å². The Bertz CT molecular complexity index is 309. The monoisotopic (exact) mass is 242 g/mol. The van der Waals surface area contributed by atoms with Gasteiger partial charge in [-0.15, -0.1) is 0 Å². The number of esters is 1. The average Bonchev–Trinajstić information content (AvgIpc) is 2.37. The number of carbonyl (C=O) groups excluding carboxylic acids is 3. The van der Waals surface area contributed by atoms with E-state index in [0.717, 1.165) is 0 Å². The maximum atomic E-state index is 11.5. The fourth-order valence-corrected chi connectivity index (χ4v) is 1.83. The lowest BCUT2D eigenvalue weighted by molar-refractivity contribution is -0.152. The zero-order chi connectivity index (χ0) is 12.8. The minimum Gasteiger partial charge on any atom is -0.466 e. The lowest BCUT2D eigenvalue weighted by Gasteiger charge is -2.30. The summed E-state index contributed by atoms with van der Waals surface area (Å²) in [4.78, 5) is 35.6. The Morgan fingerprint density at radius 3 is 2.35 bits per heavy atom. The van der Waals surface area contributed by atoms with Gasteiger partial charge in [0.25, 0.3) is 0 Å². The highest BCUT2D eigenvalue weighted by Gasteiger charge is 2.30. The number of amides is 2. The van der Waals surface area contributed by atoms with Crippen LogP contribution in [0.3, 0.4) is 0 Å². The third-order valence-corrected chi connectivity index (χ3v) is 2.82. The molecule has 0 spiro atoms. The minimum absolute atomic E-state index is 0.149. The normalized spacial score (nSPS) is 16.5. The van der Waals surface area contributed by atoms with E-state index < -0.39 is 11.8 Å². The summed E-state index contributed by atoms with van der Waals surface area (Å²) in [7, 11) is 1.42. The second kappa shape index (κ2) is 6.22. The molecule has 1 rings (SSSR count). The summed E-state index contributed by atoms with van der Waals surface area (Å²) in [5, 5.41) is 2.29. The van der Waals surface area contributed by atoms with Gasteiger partial charge in [-0.25, -0.2) is 0 Å². The summed E-state index contributed by atoms with van der Waals surface area (Å²) < 4.78 is 4.92. The van der Waals surface area contributed by atoms with E-state index >= 15 is 0 Å². The van der Waals surface area contributed by atoms with Crippen molar-refractivity contribution in [2.24, 2.45) is 5.92 Å². The molecule has 0 aliphatic carbocycles. The van der Waals surface area contributed by atoms with E-state index in [1.54, 1.807) is 6.92 Å². The molecule has 1 aliphatic heterocycles. The van der Waals surface area contributed by atoms with E-state index in [9.17, 15) is 14.4 Å². The predicted octanol–water partition coefficient (Wildman–Crippen LogP) is -0.466. The number of carbonyl (C=O) groups is 3. The second-order valence-electron chi connectivity index (χ2n) is 3.90. The lowest BCUT2D eigenvalue weighted by Crippen LogP contribution is -2.46. The summed E-state index contributed by atoms with van der Waals surface area (Å²) in [6, 6.07) is 0. The molecule has 6 nitrogen and oxygen atoms in total. The van der Waals surface area contributed by atoms with Crippen molar-refractivity contribution in [2.45, 2.75) is 19.8 Å². The molecule has 2 amide bonds. The molecule has 17 heavy (non-hydrogen) atoms. The van der Waals surface area contributed by atoms with Gasteiger partial charge in [-0.3, -0.25) is 14.4 Å². The maximum absolute atomic E-state index is 11.5. The number of likely N-dealkylation sites (N-methyl/N-ethyl adjacent to an activating group) is 1. The van der Waals surface area contributed by atoms with Crippen LogP contribution in [0.5, 0.6) is 0 Å². The predicted molar refractivity (Wildman–Crippen MR) is 60.0 cm³/mol. The molecule has 0 aromatic rings. The molecule has 1 heterocycles. The van der Waals surface area contributed by atoms with Crippen molar-refractivity contribution in [3.8, 4) is 0 Å². The summed E-state index contributed by atoms with van der Waals surface area (Å²) in [5.74, 6) is -1.50. The lowest BCUT2D eigenvalue weighted by atomic mass is 9.97. The van der Waals surface area contributed by atoms with Gasteiger partial charge in [-0.2, -0.15) is 0 Å². The van der Waals surface area contributed by atoms with Gasteiger partial charge in [0, 0.05) is 20.1 Å². The second-order valence-corrected chi connectivity index (χ2v) is 3.90. The number of rotatable bonds is 2. The molecule has 96 valence electrons. The van der Waals surface area contributed by atoms with Crippen LogP contribution in [0.25, 0.3) is 0 Å². The van der Waals surface area contributed by atoms with Crippen LogP contribution in [0.15, 0.2) is 0 Å². The molecule has 0 aromatic carbocycles. The van der Waals surface area contributed by atoms with E-state index in [0.29, 0.717) is 32.5 Å². The molecule has 0 unspecified atom stereocenters. The highest BCUT2D eigenvalue weighted by molar-refractivity contribution is 6.34. The average molecular weight is 242 g/mol. The van der Waals surface area contributed by atoms with Crippen molar-refractivity contribution in [3.05, 3.63) is 0 Å². The Kier molecular flexibility index (Phi) is 4.93. The van der Waals surface area contributed by atoms with Crippen LogP contribution in [0.4, 0.5) is 0 Å². The minimum atomic E-state index is -0.611. The van der Waals surface area contributed by atoms with Crippen molar-refractivity contribution in [3.63, 3.8) is 0 Å². The first-order valence-electron chi connectivity index (χ1n) is 5.77. The van der Waals surface area contributed by atoms with Gasteiger partial charge in [-0.1, -0.05) is 0 Å². The van der Waals surface area contributed by atoms with Gasteiger partial charge in [0.2, 0.25) is 0 Å².